The Morgan fingerprint density at radius 1 is 1.00 bits per heavy atom. The molecule has 1 spiro atoms. The first-order valence-corrected chi connectivity index (χ1v) is 6.89. The fourth-order valence-corrected chi connectivity index (χ4v) is 3.81. The van der Waals surface area contributed by atoms with E-state index in [-0.39, 0.29) is 0 Å². The minimum atomic E-state index is 0.448. The van der Waals surface area contributed by atoms with Gasteiger partial charge in [0.2, 0.25) is 0 Å². The Bertz CT molecular complexity index is 193. The summed E-state index contributed by atoms with van der Waals surface area (Å²) >= 11 is 0. The number of rotatable bonds is 2. The van der Waals surface area contributed by atoms with Crippen LogP contribution in [0.3, 0.4) is 0 Å². The van der Waals surface area contributed by atoms with Crippen molar-refractivity contribution >= 4 is 0 Å². The lowest BCUT2D eigenvalue weighted by Gasteiger charge is -2.40. The summed E-state index contributed by atoms with van der Waals surface area (Å²) in [5.74, 6) is 1.48. The van der Waals surface area contributed by atoms with Gasteiger partial charge in [-0.2, -0.15) is 0 Å². The highest BCUT2D eigenvalue weighted by molar-refractivity contribution is 4.91. The Hall–Kier alpha value is -0.0400. The molecule has 2 rings (SSSR count). The molecule has 2 N–H and O–H groups in total. The van der Waals surface area contributed by atoms with Gasteiger partial charge in [0.05, 0.1) is 0 Å². The van der Waals surface area contributed by atoms with Gasteiger partial charge >= 0.3 is 0 Å². The van der Waals surface area contributed by atoms with Gasteiger partial charge in [-0.15, -0.1) is 0 Å². The molecular weight excluding hydrogens is 182 g/mol. The topological polar surface area (TPSA) is 26.0 Å². The SMILES string of the molecule is CC(C)C(N)C1CCC2(CCCC2)CC1. The summed E-state index contributed by atoms with van der Waals surface area (Å²) < 4.78 is 0. The van der Waals surface area contributed by atoms with Crippen LogP contribution < -0.4 is 5.73 Å². The maximum atomic E-state index is 6.28. The molecule has 0 heterocycles. The monoisotopic (exact) mass is 209 g/mol. The molecule has 0 radical (unpaired) electrons. The molecule has 2 saturated carbocycles. The molecule has 2 aliphatic carbocycles. The molecule has 0 aromatic heterocycles. The fraction of sp³-hybridized carbons (Fsp3) is 1.00. The zero-order valence-electron chi connectivity index (χ0n) is 10.5. The predicted molar refractivity (Wildman–Crippen MR) is 65.7 cm³/mol. The number of nitrogens with two attached hydrogens (primary N) is 1. The Morgan fingerprint density at radius 3 is 2.00 bits per heavy atom. The highest BCUT2D eigenvalue weighted by Gasteiger charge is 2.38. The van der Waals surface area contributed by atoms with E-state index < -0.39 is 0 Å². The van der Waals surface area contributed by atoms with E-state index in [1.807, 2.05) is 0 Å². The summed E-state index contributed by atoms with van der Waals surface area (Å²) in [6.07, 6.45) is 11.7. The quantitative estimate of drug-likeness (QED) is 0.737. The van der Waals surface area contributed by atoms with E-state index in [1.165, 1.54) is 51.4 Å². The van der Waals surface area contributed by atoms with Crippen molar-refractivity contribution in [1.29, 1.82) is 0 Å². The lowest BCUT2D eigenvalue weighted by molar-refractivity contribution is 0.131. The summed E-state index contributed by atoms with van der Waals surface area (Å²) in [5, 5.41) is 0. The summed E-state index contributed by atoms with van der Waals surface area (Å²) in [4.78, 5) is 0. The summed E-state index contributed by atoms with van der Waals surface area (Å²) in [6, 6.07) is 0.448. The molecule has 0 aliphatic heterocycles. The lowest BCUT2D eigenvalue weighted by atomic mass is 9.67. The van der Waals surface area contributed by atoms with E-state index >= 15 is 0 Å². The highest BCUT2D eigenvalue weighted by Crippen LogP contribution is 2.50. The van der Waals surface area contributed by atoms with Gasteiger partial charge < -0.3 is 5.73 Å². The molecule has 0 amide bonds. The van der Waals surface area contributed by atoms with Crippen molar-refractivity contribution in [2.45, 2.75) is 71.3 Å². The van der Waals surface area contributed by atoms with Crippen LogP contribution in [0, 0.1) is 17.3 Å². The maximum absolute atomic E-state index is 6.28. The molecular formula is C14H27N. The molecule has 0 saturated heterocycles. The average Bonchev–Trinajstić information content (AvgIpc) is 2.67. The molecule has 1 heteroatoms. The normalized spacial score (nSPS) is 28.8. The molecule has 0 aromatic rings. The first-order valence-electron chi connectivity index (χ1n) is 6.89. The minimum absolute atomic E-state index is 0.448. The molecule has 2 fully saturated rings. The smallest absolute Gasteiger partial charge is 0.00903 e. The maximum Gasteiger partial charge on any atom is 0.00903 e. The standard InChI is InChI=1S/C14H27N/c1-11(2)13(15)12-5-9-14(10-6-12)7-3-4-8-14/h11-13H,3-10,15H2,1-2H3. The van der Waals surface area contributed by atoms with Crippen LogP contribution >= 0.6 is 0 Å². The van der Waals surface area contributed by atoms with Crippen molar-refractivity contribution in [3.63, 3.8) is 0 Å². The van der Waals surface area contributed by atoms with Gasteiger partial charge in [-0.05, 0) is 55.8 Å². The molecule has 2 aliphatic rings. The Morgan fingerprint density at radius 2 is 1.53 bits per heavy atom. The second kappa shape index (κ2) is 4.45. The summed E-state index contributed by atoms with van der Waals surface area (Å²) in [6.45, 7) is 4.54. The van der Waals surface area contributed by atoms with Gasteiger partial charge in [0.15, 0.2) is 0 Å². The van der Waals surface area contributed by atoms with Crippen LogP contribution in [0.4, 0.5) is 0 Å². The molecule has 0 bridgehead atoms. The Labute approximate surface area is 94.8 Å². The third-order valence-electron chi connectivity index (χ3n) is 5.07. The second-order valence-corrected chi connectivity index (χ2v) is 6.37. The van der Waals surface area contributed by atoms with Gasteiger partial charge in [0, 0.05) is 6.04 Å². The molecule has 0 aromatic carbocycles. The van der Waals surface area contributed by atoms with E-state index in [9.17, 15) is 0 Å². The molecule has 88 valence electrons. The van der Waals surface area contributed by atoms with Crippen LogP contribution in [0.15, 0.2) is 0 Å². The lowest BCUT2D eigenvalue weighted by Crippen LogP contribution is -2.39. The Kier molecular flexibility index (Phi) is 3.39. The van der Waals surface area contributed by atoms with Crippen molar-refractivity contribution in [2.75, 3.05) is 0 Å². The molecule has 1 unspecified atom stereocenters. The zero-order chi connectivity index (χ0) is 10.9. The Balaban J connectivity index is 1.86. The predicted octanol–water partition coefficient (Wildman–Crippen LogP) is 3.72. The van der Waals surface area contributed by atoms with Crippen molar-refractivity contribution in [3.05, 3.63) is 0 Å². The highest BCUT2D eigenvalue weighted by atomic mass is 14.7. The minimum Gasteiger partial charge on any atom is -0.327 e. The zero-order valence-corrected chi connectivity index (χ0v) is 10.5. The van der Waals surface area contributed by atoms with Gasteiger partial charge in [-0.25, -0.2) is 0 Å². The largest absolute Gasteiger partial charge is 0.327 e. The van der Waals surface area contributed by atoms with Crippen LogP contribution in [0.2, 0.25) is 0 Å². The van der Waals surface area contributed by atoms with Crippen molar-refractivity contribution in [3.8, 4) is 0 Å². The first kappa shape index (κ1) is 11.4. The van der Waals surface area contributed by atoms with Crippen molar-refractivity contribution in [1.82, 2.24) is 0 Å². The van der Waals surface area contributed by atoms with E-state index in [4.69, 9.17) is 5.73 Å². The van der Waals surface area contributed by atoms with E-state index in [0.29, 0.717) is 12.0 Å². The van der Waals surface area contributed by atoms with Crippen LogP contribution in [0.5, 0.6) is 0 Å². The van der Waals surface area contributed by atoms with Crippen molar-refractivity contribution < 1.29 is 0 Å². The molecule has 15 heavy (non-hydrogen) atoms. The number of hydrogen-bond donors (Lipinski definition) is 1. The fourth-order valence-electron chi connectivity index (χ4n) is 3.81. The summed E-state index contributed by atoms with van der Waals surface area (Å²) in [7, 11) is 0. The second-order valence-electron chi connectivity index (χ2n) is 6.37. The van der Waals surface area contributed by atoms with Gasteiger partial charge in [0.25, 0.3) is 0 Å². The number of hydrogen-bond acceptors (Lipinski definition) is 1. The third-order valence-corrected chi connectivity index (χ3v) is 5.07. The van der Waals surface area contributed by atoms with Crippen molar-refractivity contribution in [2.24, 2.45) is 23.0 Å². The van der Waals surface area contributed by atoms with Crippen LogP contribution in [-0.4, -0.2) is 6.04 Å². The summed E-state index contributed by atoms with van der Waals surface area (Å²) in [5.41, 5.74) is 7.05. The van der Waals surface area contributed by atoms with Gasteiger partial charge in [-0.1, -0.05) is 26.7 Å². The van der Waals surface area contributed by atoms with E-state index in [2.05, 4.69) is 13.8 Å². The van der Waals surface area contributed by atoms with Gasteiger partial charge in [0.1, 0.15) is 0 Å². The van der Waals surface area contributed by atoms with Crippen LogP contribution in [0.1, 0.15) is 65.2 Å². The van der Waals surface area contributed by atoms with Crippen LogP contribution in [0.25, 0.3) is 0 Å². The third kappa shape index (κ3) is 2.38. The van der Waals surface area contributed by atoms with E-state index in [0.717, 1.165) is 11.3 Å². The van der Waals surface area contributed by atoms with Gasteiger partial charge in [-0.3, -0.25) is 0 Å². The first-order chi connectivity index (χ1) is 7.13. The molecule has 1 atom stereocenters. The van der Waals surface area contributed by atoms with Crippen LogP contribution in [-0.2, 0) is 0 Å². The average molecular weight is 209 g/mol. The van der Waals surface area contributed by atoms with E-state index in [1.54, 1.807) is 0 Å². The molecule has 1 nitrogen and oxygen atoms in total.